The number of carbonyl (C=O) groups excluding carboxylic acids is 1. The van der Waals surface area contributed by atoms with Crippen LogP contribution in [0, 0.1) is 11.3 Å². The van der Waals surface area contributed by atoms with Gasteiger partial charge in [0.2, 0.25) is 0 Å². The largest absolute Gasteiger partial charge is 0.348 e. The summed E-state index contributed by atoms with van der Waals surface area (Å²) in [5, 5.41) is 12.6. The van der Waals surface area contributed by atoms with E-state index in [1.807, 2.05) is 42.5 Å². The van der Waals surface area contributed by atoms with E-state index in [2.05, 4.69) is 16.3 Å². The number of nitriles is 1. The summed E-state index contributed by atoms with van der Waals surface area (Å²) in [5.74, 6) is -0.00929. The summed E-state index contributed by atoms with van der Waals surface area (Å²) >= 11 is 1.48. The third-order valence-electron chi connectivity index (χ3n) is 5.53. The molecule has 0 aliphatic carbocycles. The number of fused-ring (bicyclic) bond motifs is 1. The van der Waals surface area contributed by atoms with E-state index in [9.17, 15) is 10.1 Å². The maximum atomic E-state index is 13.0. The molecule has 2 aromatic rings. The monoisotopic (exact) mass is 377 g/mol. The quantitative estimate of drug-likeness (QED) is 0.873. The number of amides is 1. The van der Waals surface area contributed by atoms with Crippen LogP contribution in [0.4, 0.5) is 0 Å². The minimum absolute atomic E-state index is 0.00929. The smallest absolute Gasteiger partial charge is 0.252 e. The number of piperidine rings is 1. The highest BCUT2D eigenvalue weighted by atomic mass is 32.2. The Morgan fingerprint density at radius 1 is 1.04 bits per heavy atom. The third-order valence-corrected chi connectivity index (χ3v) is 6.68. The third kappa shape index (κ3) is 3.87. The second kappa shape index (κ2) is 8.16. The normalized spacial score (nSPS) is 22.0. The van der Waals surface area contributed by atoms with E-state index in [-0.39, 0.29) is 11.9 Å². The van der Waals surface area contributed by atoms with Crippen LogP contribution < -0.4 is 5.32 Å². The Hall–Kier alpha value is -2.29. The van der Waals surface area contributed by atoms with Gasteiger partial charge in [-0.05, 0) is 50.1 Å². The van der Waals surface area contributed by atoms with Gasteiger partial charge in [0.25, 0.3) is 5.91 Å². The van der Waals surface area contributed by atoms with Crippen LogP contribution in [-0.4, -0.2) is 36.0 Å². The van der Waals surface area contributed by atoms with Crippen molar-refractivity contribution >= 4 is 17.7 Å². The number of nitrogens with zero attached hydrogens (tertiary/aromatic N) is 2. The SMILES string of the molecule is N#Cc1ccccc1Sc1ccccc1C(=O)N[C@@H]1CCN2CCCC[C@H]12. The Bertz CT molecular complexity index is 876. The van der Waals surface area contributed by atoms with Crippen LogP contribution in [0.3, 0.4) is 0 Å². The molecule has 0 saturated carbocycles. The second-order valence-electron chi connectivity index (χ2n) is 7.17. The molecule has 1 N–H and O–H groups in total. The lowest BCUT2D eigenvalue weighted by Gasteiger charge is -2.32. The van der Waals surface area contributed by atoms with Crippen LogP contribution in [0.25, 0.3) is 0 Å². The highest BCUT2D eigenvalue weighted by Crippen LogP contribution is 2.33. The van der Waals surface area contributed by atoms with Crippen LogP contribution in [0.1, 0.15) is 41.6 Å². The first-order chi connectivity index (χ1) is 13.3. The number of rotatable bonds is 4. The van der Waals surface area contributed by atoms with Crippen LogP contribution in [0.15, 0.2) is 58.3 Å². The standard InChI is InChI=1S/C22H23N3OS/c23-15-16-7-1-3-10-20(16)27-21-11-4-2-8-17(21)22(26)24-18-12-14-25-13-6-5-9-19(18)25/h1-4,7-8,10-11,18-19H,5-6,9,12-14H2,(H,24,26)/t18-,19-/m1/s1. The Labute approximate surface area is 164 Å². The fourth-order valence-electron chi connectivity index (χ4n) is 4.17. The minimum Gasteiger partial charge on any atom is -0.348 e. The fourth-order valence-corrected chi connectivity index (χ4v) is 5.20. The van der Waals surface area contributed by atoms with Crippen LogP contribution in [0.2, 0.25) is 0 Å². The van der Waals surface area contributed by atoms with Gasteiger partial charge in [-0.2, -0.15) is 5.26 Å². The molecule has 2 heterocycles. The van der Waals surface area contributed by atoms with E-state index in [1.54, 1.807) is 6.07 Å². The first-order valence-corrected chi connectivity index (χ1v) is 10.4. The molecule has 2 aliphatic rings. The van der Waals surface area contributed by atoms with Gasteiger partial charge in [-0.15, -0.1) is 0 Å². The fraction of sp³-hybridized carbons (Fsp3) is 0.364. The van der Waals surface area contributed by atoms with Gasteiger partial charge in [-0.3, -0.25) is 9.69 Å². The summed E-state index contributed by atoms with van der Waals surface area (Å²) in [6, 6.07) is 18.1. The Balaban J connectivity index is 1.52. The predicted octanol–water partition coefficient (Wildman–Crippen LogP) is 4.07. The highest BCUT2D eigenvalue weighted by Gasteiger charge is 2.36. The molecule has 0 radical (unpaired) electrons. The lowest BCUT2D eigenvalue weighted by molar-refractivity contribution is 0.0912. The molecule has 0 unspecified atom stereocenters. The molecule has 5 heteroatoms. The van der Waals surface area contributed by atoms with Gasteiger partial charge in [0.05, 0.1) is 11.1 Å². The van der Waals surface area contributed by atoms with Gasteiger partial charge in [0.1, 0.15) is 6.07 Å². The molecule has 27 heavy (non-hydrogen) atoms. The molecule has 4 rings (SSSR count). The van der Waals surface area contributed by atoms with E-state index in [0.29, 0.717) is 17.2 Å². The van der Waals surface area contributed by atoms with E-state index in [1.165, 1.54) is 31.0 Å². The maximum Gasteiger partial charge on any atom is 0.252 e. The zero-order chi connectivity index (χ0) is 18.6. The predicted molar refractivity (Wildman–Crippen MR) is 107 cm³/mol. The zero-order valence-corrected chi connectivity index (χ0v) is 16.0. The second-order valence-corrected chi connectivity index (χ2v) is 8.26. The summed E-state index contributed by atoms with van der Waals surface area (Å²) in [6.45, 7) is 2.25. The average molecular weight is 378 g/mol. The topological polar surface area (TPSA) is 56.1 Å². The van der Waals surface area contributed by atoms with Gasteiger partial charge in [0, 0.05) is 28.4 Å². The molecule has 1 amide bonds. The molecule has 0 aromatic heterocycles. The molecule has 2 saturated heterocycles. The Morgan fingerprint density at radius 3 is 2.67 bits per heavy atom. The van der Waals surface area contributed by atoms with E-state index in [0.717, 1.165) is 29.3 Å². The van der Waals surface area contributed by atoms with Crippen LogP contribution in [-0.2, 0) is 0 Å². The van der Waals surface area contributed by atoms with E-state index in [4.69, 9.17) is 0 Å². The minimum atomic E-state index is -0.00929. The lowest BCUT2D eigenvalue weighted by Crippen LogP contribution is -2.46. The zero-order valence-electron chi connectivity index (χ0n) is 15.2. The van der Waals surface area contributed by atoms with Crippen molar-refractivity contribution in [3.8, 4) is 6.07 Å². The first kappa shape index (κ1) is 18.1. The van der Waals surface area contributed by atoms with Crippen LogP contribution in [0.5, 0.6) is 0 Å². The van der Waals surface area contributed by atoms with Gasteiger partial charge in [0.15, 0.2) is 0 Å². The molecule has 0 spiro atoms. The van der Waals surface area contributed by atoms with Gasteiger partial charge in [-0.25, -0.2) is 0 Å². The van der Waals surface area contributed by atoms with E-state index < -0.39 is 0 Å². The van der Waals surface area contributed by atoms with Crippen molar-refractivity contribution in [1.29, 1.82) is 5.26 Å². The number of hydrogen-bond donors (Lipinski definition) is 1. The summed E-state index contributed by atoms with van der Waals surface area (Å²) in [6.07, 6.45) is 4.74. The maximum absolute atomic E-state index is 13.0. The summed E-state index contributed by atoms with van der Waals surface area (Å²) in [5.41, 5.74) is 1.32. The van der Waals surface area contributed by atoms with Crippen molar-refractivity contribution in [3.05, 3.63) is 59.7 Å². The summed E-state index contributed by atoms with van der Waals surface area (Å²) < 4.78 is 0. The number of hydrogen-bond acceptors (Lipinski definition) is 4. The molecule has 2 fully saturated rings. The molecule has 2 aliphatic heterocycles. The molecule has 138 valence electrons. The van der Waals surface area contributed by atoms with Crippen molar-refractivity contribution in [2.45, 2.75) is 47.6 Å². The van der Waals surface area contributed by atoms with Crippen molar-refractivity contribution in [2.75, 3.05) is 13.1 Å². The van der Waals surface area contributed by atoms with E-state index >= 15 is 0 Å². The Morgan fingerprint density at radius 2 is 1.81 bits per heavy atom. The molecule has 2 aromatic carbocycles. The lowest BCUT2D eigenvalue weighted by atomic mass is 9.99. The number of nitrogens with one attached hydrogen (secondary N) is 1. The summed E-state index contributed by atoms with van der Waals surface area (Å²) in [7, 11) is 0. The van der Waals surface area contributed by atoms with Crippen molar-refractivity contribution < 1.29 is 4.79 Å². The van der Waals surface area contributed by atoms with Crippen molar-refractivity contribution in [2.24, 2.45) is 0 Å². The molecule has 0 bridgehead atoms. The van der Waals surface area contributed by atoms with Crippen molar-refractivity contribution in [3.63, 3.8) is 0 Å². The molecular formula is C22H23N3OS. The number of carbonyl (C=O) groups is 1. The molecule has 2 atom stereocenters. The Kier molecular flexibility index (Phi) is 5.47. The van der Waals surface area contributed by atoms with Crippen LogP contribution >= 0.6 is 11.8 Å². The first-order valence-electron chi connectivity index (χ1n) is 9.57. The molecule has 4 nitrogen and oxygen atoms in total. The van der Waals surface area contributed by atoms with Gasteiger partial charge in [-0.1, -0.05) is 42.4 Å². The van der Waals surface area contributed by atoms with Gasteiger partial charge < -0.3 is 5.32 Å². The van der Waals surface area contributed by atoms with Crippen molar-refractivity contribution in [1.82, 2.24) is 10.2 Å². The average Bonchev–Trinajstić information content (AvgIpc) is 3.12. The highest BCUT2D eigenvalue weighted by molar-refractivity contribution is 7.99. The number of benzene rings is 2. The summed E-state index contributed by atoms with van der Waals surface area (Å²) in [4.78, 5) is 17.3. The molecular weight excluding hydrogens is 354 g/mol. The van der Waals surface area contributed by atoms with Gasteiger partial charge >= 0.3 is 0 Å².